The van der Waals surface area contributed by atoms with Gasteiger partial charge in [-0.3, -0.25) is 0 Å². The van der Waals surface area contributed by atoms with Crippen LogP contribution in [0.15, 0.2) is 11.6 Å². The van der Waals surface area contributed by atoms with Crippen LogP contribution < -0.4 is 0 Å². The Morgan fingerprint density at radius 3 is 2.55 bits per heavy atom. The molecule has 0 saturated heterocycles. The zero-order valence-electron chi connectivity index (χ0n) is 7.22. The topological polar surface area (TPSA) is 26.3 Å². The van der Waals surface area contributed by atoms with E-state index < -0.39 is 0 Å². The smallest absolute Gasteiger partial charge is 0.333 e. The van der Waals surface area contributed by atoms with E-state index in [1.807, 2.05) is 19.9 Å². The molecule has 0 aliphatic heterocycles. The molecule has 0 aromatic rings. The van der Waals surface area contributed by atoms with E-state index in [1.165, 1.54) is 0 Å². The summed E-state index contributed by atoms with van der Waals surface area (Å²) in [6, 6.07) is 0. The minimum Gasteiger partial charge on any atom is -0.459 e. The SMILES string of the molecule is [CH2]OC(=O)C(=CCC)CCC. The van der Waals surface area contributed by atoms with E-state index in [1.54, 1.807) is 0 Å². The van der Waals surface area contributed by atoms with Crippen LogP contribution in [0.1, 0.15) is 33.1 Å². The van der Waals surface area contributed by atoms with Gasteiger partial charge in [0.2, 0.25) is 0 Å². The van der Waals surface area contributed by atoms with Gasteiger partial charge >= 0.3 is 5.97 Å². The highest BCUT2D eigenvalue weighted by molar-refractivity contribution is 5.88. The maximum Gasteiger partial charge on any atom is 0.333 e. The predicted octanol–water partition coefficient (Wildman–Crippen LogP) is 2.46. The minimum atomic E-state index is -0.297. The molecule has 2 nitrogen and oxygen atoms in total. The van der Waals surface area contributed by atoms with Gasteiger partial charge in [0.05, 0.1) is 0 Å². The van der Waals surface area contributed by atoms with Crippen LogP contribution in [0, 0.1) is 7.11 Å². The number of carbonyl (C=O) groups excluding carboxylic acids is 1. The maximum atomic E-state index is 10.9. The fourth-order valence-corrected chi connectivity index (χ4v) is 0.896. The van der Waals surface area contributed by atoms with Gasteiger partial charge in [0, 0.05) is 5.57 Å². The minimum absolute atomic E-state index is 0.297. The molecule has 0 amide bonds. The van der Waals surface area contributed by atoms with Crippen molar-refractivity contribution in [3.8, 4) is 0 Å². The van der Waals surface area contributed by atoms with E-state index in [0.717, 1.165) is 24.8 Å². The van der Waals surface area contributed by atoms with Gasteiger partial charge in [0.1, 0.15) is 7.11 Å². The second kappa shape index (κ2) is 5.96. The van der Waals surface area contributed by atoms with Crippen molar-refractivity contribution in [3.63, 3.8) is 0 Å². The van der Waals surface area contributed by atoms with Crippen molar-refractivity contribution < 1.29 is 9.53 Å². The third kappa shape index (κ3) is 3.81. The van der Waals surface area contributed by atoms with Gasteiger partial charge < -0.3 is 4.74 Å². The third-order valence-corrected chi connectivity index (χ3v) is 1.36. The van der Waals surface area contributed by atoms with Gasteiger partial charge in [0.25, 0.3) is 0 Å². The third-order valence-electron chi connectivity index (χ3n) is 1.36. The van der Waals surface area contributed by atoms with E-state index in [0.29, 0.717) is 0 Å². The molecule has 0 aromatic heterocycles. The number of carbonyl (C=O) groups is 1. The Morgan fingerprint density at radius 1 is 1.55 bits per heavy atom. The number of allylic oxidation sites excluding steroid dienone is 1. The van der Waals surface area contributed by atoms with Gasteiger partial charge in [-0.25, -0.2) is 4.79 Å². The monoisotopic (exact) mass is 155 g/mol. The summed E-state index contributed by atoms with van der Waals surface area (Å²) < 4.78 is 4.36. The lowest BCUT2D eigenvalue weighted by Crippen LogP contribution is -2.03. The van der Waals surface area contributed by atoms with E-state index in [4.69, 9.17) is 0 Å². The molecule has 0 aromatic carbocycles. The Bertz CT molecular complexity index is 148. The molecule has 0 spiro atoms. The van der Waals surface area contributed by atoms with Crippen LogP contribution in [0.3, 0.4) is 0 Å². The van der Waals surface area contributed by atoms with Crippen LogP contribution in [0.25, 0.3) is 0 Å². The largest absolute Gasteiger partial charge is 0.459 e. The van der Waals surface area contributed by atoms with Crippen LogP contribution in [-0.2, 0) is 9.53 Å². The summed E-state index contributed by atoms with van der Waals surface area (Å²) in [5.74, 6) is -0.297. The van der Waals surface area contributed by atoms with Crippen LogP contribution in [0.2, 0.25) is 0 Å². The molecule has 1 radical (unpaired) electrons. The summed E-state index contributed by atoms with van der Waals surface area (Å²) in [6.07, 6.45) is 4.49. The Kier molecular flexibility index (Phi) is 5.53. The first kappa shape index (κ1) is 10.2. The fraction of sp³-hybridized carbons (Fsp3) is 0.556. The van der Waals surface area contributed by atoms with Crippen molar-refractivity contribution in [2.24, 2.45) is 0 Å². The molecular weight excluding hydrogens is 140 g/mol. The van der Waals surface area contributed by atoms with Gasteiger partial charge in [-0.05, 0) is 12.8 Å². The summed E-state index contributed by atoms with van der Waals surface area (Å²) in [5, 5.41) is 0. The standard InChI is InChI=1S/C9H15O2/c1-4-6-8(7-5-2)9(10)11-3/h6H,3-5,7H2,1-2H3. The fourth-order valence-electron chi connectivity index (χ4n) is 0.896. The van der Waals surface area contributed by atoms with Crippen LogP contribution in [0.5, 0.6) is 0 Å². The molecule has 0 aliphatic rings. The van der Waals surface area contributed by atoms with Gasteiger partial charge in [0.15, 0.2) is 0 Å². The molecule has 0 fully saturated rings. The molecule has 0 N–H and O–H groups in total. The predicted molar refractivity (Wildman–Crippen MR) is 44.7 cm³/mol. The Hall–Kier alpha value is -0.790. The number of hydrogen-bond acceptors (Lipinski definition) is 2. The average Bonchev–Trinajstić information content (AvgIpc) is 2.03. The van der Waals surface area contributed by atoms with Crippen molar-refractivity contribution in [2.75, 3.05) is 0 Å². The second-order valence-corrected chi connectivity index (χ2v) is 2.32. The number of ether oxygens (including phenoxy) is 1. The zero-order valence-corrected chi connectivity index (χ0v) is 7.22. The van der Waals surface area contributed by atoms with E-state index in [9.17, 15) is 4.79 Å². The molecule has 0 unspecified atom stereocenters. The van der Waals surface area contributed by atoms with Crippen LogP contribution in [-0.4, -0.2) is 5.97 Å². The van der Waals surface area contributed by atoms with Gasteiger partial charge in [-0.15, -0.1) is 0 Å². The summed E-state index contributed by atoms with van der Waals surface area (Å²) in [4.78, 5) is 10.9. The summed E-state index contributed by atoms with van der Waals surface area (Å²) in [6.45, 7) is 4.02. The summed E-state index contributed by atoms with van der Waals surface area (Å²) >= 11 is 0. The number of rotatable bonds is 4. The van der Waals surface area contributed by atoms with Crippen molar-refractivity contribution in [1.29, 1.82) is 0 Å². The maximum absolute atomic E-state index is 10.9. The quantitative estimate of drug-likeness (QED) is 0.460. The lowest BCUT2D eigenvalue weighted by Gasteiger charge is -2.01. The zero-order chi connectivity index (χ0) is 8.69. The average molecular weight is 155 g/mol. The Morgan fingerprint density at radius 2 is 2.18 bits per heavy atom. The molecule has 11 heavy (non-hydrogen) atoms. The lowest BCUT2D eigenvalue weighted by molar-refractivity contribution is -0.134. The molecule has 0 saturated carbocycles. The van der Waals surface area contributed by atoms with E-state index in [-0.39, 0.29) is 5.97 Å². The molecular formula is C9H15O2. The number of esters is 1. The molecule has 0 bridgehead atoms. The molecule has 0 atom stereocenters. The first-order chi connectivity index (χ1) is 5.26. The highest BCUT2D eigenvalue weighted by Gasteiger charge is 2.06. The second-order valence-electron chi connectivity index (χ2n) is 2.32. The van der Waals surface area contributed by atoms with Crippen molar-refractivity contribution in [2.45, 2.75) is 33.1 Å². The van der Waals surface area contributed by atoms with E-state index in [2.05, 4.69) is 11.8 Å². The highest BCUT2D eigenvalue weighted by atomic mass is 16.5. The Labute approximate surface area is 68.2 Å². The molecule has 0 rings (SSSR count). The van der Waals surface area contributed by atoms with Gasteiger partial charge in [-0.1, -0.05) is 26.3 Å². The first-order valence-electron chi connectivity index (χ1n) is 3.91. The Balaban J connectivity index is 4.09. The van der Waals surface area contributed by atoms with Crippen molar-refractivity contribution >= 4 is 5.97 Å². The molecule has 2 heteroatoms. The first-order valence-corrected chi connectivity index (χ1v) is 3.91. The normalized spacial score (nSPS) is 11.4. The van der Waals surface area contributed by atoms with Crippen LogP contribution in [0.4, 0.5) is 0 Å². The summed E-state index contributed by atoms with van der Waals surface area (Å²) in [7, 11) is 3.08. The number of hydrogen-bond donors (Lipinski definition) is 0. The molecule has 0 heterocycles. The van der Waals surface area contributed by atoms with E-state index >= 15 is 0 Å². The highest BCUT2D eigenvalue weighted by Crippen LogP contribution is 2.07. The van der Waals surface area contributed by atoms with Gasteiger partial charge in [-0.2, -0.15) is 0 Å². The lowest BCUT2D eigenvalue weighted by atomic mass is 10.1. The summed E-state index contributed by atoms with van der Waals surface area (Å²) in [5.41, 5.74) is 0.741. The molecule has 63 valence electrons. The molecule has 0 aliphatic carbocycles. The van der Waals surface area contributed by atoms with Crippen molar-refractivity contribution in [1.82, 2.24) is 0 Å². The van der Waals surface area contributed by atoms with Crippen LogP contribution >= 0.6 is 0 Å². The van der Waals surface area contributed by atoms with Crippen molar-refractivity contribution in [3.05, 3.63) is 18.8 Å².